The molecule has 0 unspecified atom stereocenters. The van der Waals surface area contributed by atoms with Crippen LogP contribution in [0.2, 0.25) is 0 Å². The van der Waals surface area contributed by atoms with Crippen LogP contribution in [0.5, 0.6) is 0 Å². The Balaban J connectivity index is 2.21. The van der Waals surface area contributed by atoms with Gasteiger partial charge in [-0.1, -0.05) is 11.6 Å². The van der Waals surface area contributed by atoms with Crippen molar-refractivity contribution in [2.75, 3.05) is 18.9 Å². The van der Waals surface area contributed by atoms with Gasteiger partial charge in [-0.05, 0) is 32.0 Å². The lowest BCUT2D eigenvalue weighted by molar-refractivity contribution is 0.0693. The van der Waals surface area contributed by atoms with Crippen LogP contribution in [0.15, 0.2) is 29.8 Å². The zero-order valence-electron chi connectivity index (χ0n) is 10.8. The van der Waals surface area contributed by atoms with Crippen molar-refractivity contribution in [3.8, 4) is 0 Å². The lowest BCUT2D eigenvalue weighted by Crippen LogP contribution is -2.24. The Labute approximate surface area is 106 Å². The molecule has 1 aromatic carbocycles. The fourth-order valence-corrected chi connectivity index (χ4v) is 1.84. The molecule has 0 saturated carbocycles. The first kappa shape index (κ1) is 12.4. The van der Waals surface area contributed by atoms with E-state index in [-0.39, 0.29) is 11.8 Å². The minimum Gasteiger partial charge on any atom is -0.382 e. The van der Waals surface area contributed by atoms with Gasteiger partial charge >= 0.3 is 0 Å². The van der Waals surface area contributed by atoms with E-state index in [1.807, 2.05) is 19.9 Å². The van der Waals surface area contributed by atoms with Crippen LogP contribution < -0.4 is 5.32 Å². The first-order chi connectivity index (χ1) is 8.50. The van der Waals surface area contributed by atoms with Crippen molar-refractivity contribution in [3.63, 3.8) is 0 Å². The summed E-state index contributed by atoms with van der Waals surface area (Å²) in [6.45, 7) is 4.77. The van der Waals surface area contributed by atoms with E-state index < -0.39 is 0 Å². The van der Waals surface area contributed by atoms with Crippen LogP contribution in [-0.4, -0.2) is 30.3 Å². The van der Waals surface area contributed by atoms with Gasteiger partial charge in [0.1, 0.15) is 0 Å². The SMILES string of the molecule is CC(C)=CCNc1ccc2c(c1)C(=O)N(C)C2=O. The number of carbonyl (C=O) groups excluding carboxylic acids is 2. The standard InChI is InChI=1S/C14H16N2O2/c1-9(2)6-7-15-10-4-5-11-12(8-10)14(18)16(3)13(11)17/h4-6,8,15H,7H2,1-3H3. The van der Waals surface area contributed by atoms with Gasteiger partial charge in [0.25, 0.3) is 11.8 Å². The molecule has 0 aromatic heterocycles. The molecule has 0 spiro atoms. The van der Waals surface area contributed by atoms with E-state index in [1.165, 1.54) is 12.6 Å². The van der Waals surface area contributed by atoms with Crippen LogP contribution >= 0.6 is 0 Å². The van der Waals surface area contributed by atoms with Crippen molar-refractivity contribution in [3.05, 3.63) is 41.0 Å². The Morgan fingerprint density at radius 1 is 1.22 bits per heavy atom. The van der Waals surface area contributed by atoms with Gasteiger partial charge in [-0.15, -0.1) is 0 Å². The highest BCUT2D eigenvalue weighted by atomic mass is 16.2. The summed E-state index contributed by atoms with van der Waals surface area (Å²) in [6, 6.07) is 5.25. The second-order valence-corrected chi connectivity index (χ2v) is 4.59. The number of imide groups is 1. The van der Waals surface area contributed by atoms with Crippen LogP contribution in [0.3, 0.4) is 0 Å². The molecule has 0 radical (unpaired) electrons. The minimum atomic E-state index is -0.235. The molecule has 1 N–H and O–H groups in total. The van der Waals surface area contributed by atoms with E-state index in [2.05, 4.69) is 11.4 Å². The number of nitrogens with one attached hydrogen (secondary N) is 1. The fourth-order valence-electron chi connectivity index (χ4n) is 1.84. The monoisotopic (exact) mass is 244 g/mol. The van der Waals surface area contributed by atoms with Crippen molar-refractivity contribution >= 4 is 17.5 Å². The van der Waals surface area contributed by atoms with Gasteiger partial charge in [0, 0.05) is 19.3 Å². The van der Waals surface area contributed by atoms with E-state index >= 15 is 0 Å². The van der Waals surface area contributed by atoms with Gasteiger partial charge in [0.05, 0.1) is 11.1 Å². The third-order valence-corrected chi connectivity index (χ3v) is 2.91. The van der Waals surface area contributed by atoms with Crippen molar-refractivity contribution in [2.45, 2.75) is 13.8 Å². The zero-order valence-corrected chi connectivity index (χ0v) is 10.8. The Kier molecular flexibility index (Phi) is 3.19. The highest BCUT2D eigenvalue weighted by Gasteiger charge is 2.32. The highest BCUT2D eigenvalue weighted by molar-refractivity contribution is 6.21. The van der Waals surface area contributed by atoms with Gasteiger partial charge in [-0.25, -0.2) is 0 Å². The summed E-state index contributed by atoms with van der Waals surface area (Å²) in [5.41, 5.74) is 3.04. The smallest absolute Gasteiger partial charge is 0.261 e. The maximum atomic E-state index is 11.8. The molecule has 0 bridgehead atoms. The lowest BCUT2D eigenvalue weighted by Gasteiger charge is -2.05. The van der Waals surface area contributed by atoms with Crippen LogP contribution in [-0.2, 0) is 0 Å². The first-order valence-corrected chi connectivity index (χ1v) is 5.84. The Morgan fingerprint density at radius 2 is 1.89 bits per heavy atom. The highest BCUT2D eigenvalue weighted by Crippen LogP contribution is 2.24. The largest absolute Gasteiger partial charge is 0.382 e. The molecule has 0 aliphatic carbocycles. The van der Waals surface area contributed by atoms with Gasteiger partial charge in [-0.2, -0.15) is 0 Å². The molecule has 18 heavy (non-hydrogen) atoms. The van der Waals surface area contributed by atoms with Crippen molar-refractivity contribution in [1.82, 2.24) is 4.90 Å². The molecule has 0 fully saturated rings. The molecule has 1 aliphatic rings. The van der Waals surface area contributed by atoms with Crippen molar-refractivity contribution in [1.29, 1.82) is 0 Å². The average molecular weight is 244 g/mol. The fraction of sp³-hybridized carbons (Fsp3) is 0.286. The van der Waals surface area contributed by atoms with E-state index in [0.29, 0.717) is 17.7 Å². The third kappa shape index (κ3) is 2.14. The number of fused-ring (bicyclic) bond motifs is 1. The molecule has 1 aromatic rings. The summed E-state index contributed by atoms with van der Waals surface area (Å²) < 4.78 is 0. The van der Waals surface area contributed by atoms with Gasteiger partial charge in [0.15, 0.2) is 0 Å². The predicted octanol–water partition coefficient (Wildman–Crippen LogP) is 2.29. The summed E-state index contributed by atoms with van der Waals surface area (Å²) in [6.07, 6.45) is 2.06. The molecule has 4 heteroatoms. The van der Waals surface area contributed by atoms with Crippen LogP contribution in [0.4, 0.5) is 5.69 Å². The minimum absolute atomic E-state index is 0.231. The molecule has 4 nitrogen and oxygen atoms in total. The second kappa shape index (κ2) is 4.64. The lowest BCUT2D eigenvalue weighted by atomic mass is 10.1. The molecule has 2 rings (SSSR count). The van der Waals surface area contributed by atoms with E-state index in [9.17, 15) is 9.59 Å². The zero-order chi connectivity index (χ0) is 13.3. The van der Waals surface area contributed by atoms with Crippen LogP contribution in [0, 0.1) is 0 Å². The van der Waals surface area contributed by atoms with Gasteiger partial charge in [0.2, 0.25) is 0 Å². The topological polar surface area (TPSA) is 49.4 Å². The molecule has 94 valence electrons. The molecule has 0 atom stereocenters. The number of anilines is 1. The Morgan fingerprint density at radius 3 is 2.56 bits per heavy atom. The van der Waals surface area contributed by atoms with Gasteiger partial charge in [-0.3, -0.25) is 14.5 Å². The first-order valence-electron chi connectivity index (χ1n) is 5.84. The second-order valence-electron chi connectivity index (χ2n) is 4.59. The van der Waals surface area contributed by atoms with E-state index in [0.717, 1.165) is 10.6 Å². The third-order valence-electron chi connectivity index (χ3n) is 2.91. The predicted molar refractivity (Wildman–Crippen MR) is 70.8 cm³/mol. The van der Waals surface area contributed by atoms with Crippen molar-refractivity contribution < 1.29 is 9.59 Å². The van der Waals surface area contributed by atoms with Gasteiger partial charge < -0.3 is 5.32 Å². The van der Waals surface area contributed by atoms with Crippen LogP contribution in [0.1, 0.15) is 34.6 Å². The normalized spacial score (nSPS) is 13.6. The molecule has 0 saturated heterocycles. The summed E-state index contributed by atoms with van der Waals surface area (Å²) >= 11 is 0. The van der Waals surface area contributed by atoms with Crippen molar-refractivity contribution in [2.24, 2.45) is 0 Å². The maximum Gasteiger partial charge on any atom is 0.261 e. The summed E-state index contributed by atoms with van der Waals surface area (Å²) in [4.78, 5) is 24.6. The summed E-state index contributed by atoms with van der Waals surface area (Å²) in [5, 5.41) is 3.20. The summed E-state index contributed by atoms with van der Waals surface area (Å²) in [7, 11) is 1.50. The molecule has 2 amide bonds. The quantitative estimate of drug-likeness (QED) is 0.655. The number of amides is 2. The van der Waals surface area contributed by atoms with E-state index in [4.69, 9.17) is 0 Å². The molecule has 1 aliphatic heterocycles. The number of rotatable bonds is 3. The Bertz CT molecular complexity index is 543. The average Bonchev–Trinajstić information content (AvgIpc) is 2.54. The van der Waals surface area contributed by atoms with Crippen LogP contribution in [0.25, 0.3) is 0 Å². The van der Waals surface area contributed by atoms with E-state index in [1.54, 1.807) is 12.1 Å². The number of nitrogens with zero attached hydrogens (tertiary/aromatic N) is 1. The number of hydrogen-bond acceptors (Lipinski definition) is 3. The molecular formula is C14H16N2O2. The Hall–Kier alpha value is -2.10. The maximum absolute atomic E-state index is 11.8. The number of benzene rings is 1. The number of allylic oxidation sites excluding steroid dienone is 1. The number of carbonyl (C=O) groups is 2. The molecular weight excluding hydrogens is 228 g/mol. The molecule has 1 heterocycles. The summed E-state index contributed by atoms with van der Waals surface area (Å²) in [5.74, 6) is -0.466. The number of hydrogen-bond donors (Lipinski definition) is 1.